The highest BCUT2D eigenvalue weighted by Gasteiger charge is 2.89. The van der Waals surface area contributed by atoms with Crippen molar-refractivity contribution in [2.24, 2.45) is 5.92 Å². The van der Waals surface area contributed by atoms with Crippen molar-refractivity contribution in [3.8, 4) is 0 Å². The van der Waals surface area contributed by atoms with Crippen LogP contribution < -0.4 is 4.90 Å². The molecule has 2 aliphatic rings. The monoisotopic (exact) mass is 483 g/mol. The van der Waals surface area contributed by atoms with Crippen LogP contribution in [0.15, 0.2) is 109 Å². The number of hydrogen-bond donors (Lipinski definition) is 0. The van der Waals surface area contributed by atoms with Crippen molar-refractivity contribution in [1.82, 2.24) is 0 Å². The van der Waals surface area contributed by atoms with Gasteiger partial charge in [0, 0.05) is 10.0 Å². The largest absolute Gasteiger partial charge is 0.274 e. The lowest BCUT2D eigenvalue weighted by Crippen LogP contribution is -2.44. The smallest absolute Gasteiger partial charge is 0.246 e. The Morgan fingerprint density at radius 1 is 0.559 bits per heavy atom. The van der Waals surface area contributed by atoms with Gasteiger partial charge in [-0.2, -0.15) is 0 Å². The van der Waals surface area contributed by atoms with Crippen LogP contribution in [0.1, 0.15) is 16.7 Å². The van der Waals surface area contributed by atoms with Gasteiger partial charge in [-0.3, -0.25) is 9.59 Å². The van der Waals surface area contributed by atoms with E-state index in [0.29, 0.717) is 15.7 Å². The summed E-state index contributed by atoms with van der Waals surface area (Å²) in [5.41, 5.74) is 1.29. The maximum Gasteiger partial charge on any atom is 0.246 e. The molecule has 2 unspecified atom stereocenters. The summed E-state index contributed by atoms with van der Waals surface area (Å²) in [6.45, 7) is 0. The van der Waals surface area contributed by atoms with Gasteiger partial charge in [-0.25, -0.2) is 4.90 Å². The summed E-state index contributed by atoms with van der Waals surface area (Å²) in [5.74, 6) is -1.04. The maximum absolute atomic E-state index is 14.5. The SMILES string of the molecule is O=C1C2C(c3ccc(Cl)cc3)(C(=O)N1c1ccc(Cl)cc1)C2(c1ccccc1)c1ccccc1. The van der Waals surface area contributed by atoms with Gasteiger partial charge in [0.15, 0.2) is 0 Å². The quantitative estimate of drug-likeness (QED) is 0.314. The molecule has 0 bridgehead atoms. The molecule has 1 heterocycles. The molecule has 1 saturated carbocycles. The summed E-state index contributed by atoms with van der Waals surface area (Å²) in [4.78, 5) is 29.9. The number of carbonyl (C=O) groups excluding carboxylic acids is 2. The zero-order valence-corrected chi connectivity index (χ0v) is 19.5. The number of benzene rings is 4. The lowest BCUT2D eigenvalue weighted by Gasteiger charge is -2.31. The van der Waals surface area contributed by atoms with E-state index in [2.05, 4.69) is 0 Å². The van der Waals surface area contributed by atoms with Gasteiger partial charge in [-0.1, -0.05) is 96.0 Å². The van der Waals surface area contributed by atoms with E-state index in [1.54, 1.807) is 36.4 Å². The maximum atomic E-state index is 14.5. The topological polar surface area (TPSA) is 37.4 Å². The molecule has 3 nitrogen and oxygen atoms in total. The standard InChI is InChI=1S/C29H19Cl2NO2/c30-22-13-11-21(12-14-22)29-25(26(33)32(27(29)34)24-17-15-23(31)16-18-24)28(29,19-7-3-1-4-8-19)20-9-5-2-6-10-20/h1-18,25H. The third-order valence-electron chi connectivity index (χ3n) is 7.26. The van der Waals surface area contributed by atoms with E-state index in [-0.39, 0.29) is 11.8 Å². The molecule has 0 aromatic heterocycles. The number of imide groups is 1. The fraction of sp³-hybridized carbons (Fsp3) is 0.103. The van der Waals surface area contributed by atoms with E-state index in [1.807, 2.05) is 72.8 Å². The zero-order valence-electron chi connectivity index (χ0n) is 18.0. The van der Waals surface area contributed by atoms with Crippen molar-refractivity contribution < 1.29 is 9.59 Å². The molecule has 5 heteroatoms. The van der Waals surface area contributed by atoms with Gasteiger partial charge in [0.1, 0.15) is 5.41 Å². The van der Waals surface area contributed by atoms with Crippen LogP contribution in [0.2, 0.25) is 10.0 Å². The number of carbonyl (C=O) groups is 2. The van der Waals surface area contributed by atoms with Crippen LogP contribution in [0.5, 0.6) is 0 Å². The molecule has 34 heavy (non-hydrogen) atoms. The van der Waals surface area contributed by atoms with Crippen LogP contribution >= 0.6 is 23.2 Å². The van der Waals surface area contributed by atoms with Crippen molar-refractivity contribution in [2.75, 3.05) is 4.90 Å². The molecule has 166 valence electrons. The van der Waals surface area contributed by atoms with Gasteiger partial charge in [0.2, 0.25) is 11.8 Å². The first-order valence-electron chi connectivity index (χ1n) is 11.0. The summed E-state index contributed by atoms with van der Waals surface area (Å²) in [6, 6.07) is 33.9. The van der Waals surface area contributed by atoms with Gasteiger partial charge < -0.3 is 0 Å². The average molecular weight is 484 g/mol. The van der Waals surface area contributed by atoms with Crippen molar-refractivity contribution in [3.63, 3.8) is 0 Å². The molecule has 2 fully saturated rings. The summed E-state index contributed by atoms with van der Waals surface area (Å²) in [7, 11) is 0. The fourth-order valence-corrected chi connectivity index (χ4v) is 6.22. The minimum absolute atomic E-state index is 0.213. The Hall–Kier alpha value is -3.40. The van der Waals surface area contributed by atoms with E-state index in [9.17, 15) is 9.59 Å². The number of piperidine rings is 1. The van der Waals surface area contributed by atoms with E-state index in [1.165, 1.54) is 4.90 Å². The molecule has 4 aromatic rings. The molecular weight excluding hydrogens is 465 g/mol. The Kier molecular flexibility index (Phi) is 4.70. The molecule has 0 N–H and O–H groups in total. The first kappa shape index (κ1) is 21.2. The van der Waals surface area contributed by atoms with Gasteiger partial charge >= 0.3 is 0 Å². The van der Waals surface area contributed by atoms with Crippen LogP contribution in [0.3, 0.4) is 0 Å². The second kappa shape index (κ2) is 7.56. The van der Waals surface area contributed by atoms with Gasteiger partial charge in [0.25, 0.3) is 0 Å². The number of amides is 2. The third-order valence-corrected chi connectivity index (χ3v) is 7.76. The van der Waals surface area contributed by atoms with E-state index in [0.717, 1.165) is 16.7 Å². The molecule has 6 rings (SSSR count). The van der Waals surface area contributed by atoms with Crippen molar-refractivity contribution in [3.05, 3.63) is 136 Å². The third kappa shape index (κ3) is 2.60. The van der Waals surface area contributed by atoms with E-state index < -0.39 is 16.7 Å². The first-order chi connectivity index (χ1) is 16.5. The number of nitrogens with zero attached hydrogens (tertiary/aromatic N) is 1. The molecule has 1 aliphatic heterocycles. The molecule has 1 saturated heterocycles. The lowest BCUT2D eigenvalue weighted by molar-refractivity contribution is -0.124. The summed E-state index contributed by atoms with van der Waals surface area (Å²) in [6.07, 6.45) is 0. The Bertz CT molecular complexity index is 1360. The second-order valence-corrected chi connectivity index (χ2v) is 9.62. The average Bonchev–Trinajstić information content (AvgIpc) is 3.46. The predicted octanol–water partition coefficient (Wildman–Crippen LogP) is 6.42. The van der Waals surface area contributed by atoms with Gasteiger partial charge in [-0.05, 0) is 53.1 Å². The van der Waals surface area contributed by atoms with E-state index in [4.69, 9.17) is 23.2 Å². The molecule has 2 atom stereocenters. The molecule has 1 aliphatic carbocycles. The highest BCUT2D eigenvalue weighted by molar-refractivity contribution is 6.33. The van der Waals surface area contributed by atoms with Crippen molar-refractivity contribution in [1.29, 1.82) is 0 Å². The minimum atomic E-state index is -1.09. The summed E-state index contributed by atoms with van der Waals surface area (Å²) < 4.78 is 0. The first-order valence-corrected chi connectivity index (χ1v) is 11.8. The number of anilines is 1. The van der Waals surface area contributed by atoms with E-state index >= 15 is 0 Å². The summed E-state index contributed by atoms with van der Waals surface area (Å²) in [5, 5.41) is 1.12. The van der Waals surface area contributed by atoms with Crippen LogP contribution in [-0.2, 0) is 20.4 Å². The molecule has 4 aromatic carbocycles. The molecule has 0 radical (unpaired) electrons. The molecule has 0 spiro atoms. The Morgan fingerprint density at radius 2 is 1.00 bits per heavy atom. The van der Waals surface area contributed by atoms with Crippen molar-refractivity contribution in [2.45, 2.75) is 10.8 Å². The zero-order chi connectivity index (χ0) is 23.5. The number of hydrogen-bond acceptors (Lipinski definition) is 2. The van der Waals surface area contributed by atoms with Crippen molar-refractivity contribution >= 4 is 40.7 Å². The number of rotatable bonds is 4. The predicted molar refractivity (Wildman–Crippen MR) is 134 cm³/mol. The highest BCUT2D eigenvalue weighted by atomic mass is 35.5. The highest BCUT2D eigenvalue weighted by Crippen LogP contribution is 2.77. The molecular formula is C29H19Cl2NO2. The fourth-order valence-electron chi connectivity index (χ4n) is 5.97. The van der Waals surface area contributed by atoms with Crippen LogP contribution in [-0.4, -0.2) is 11.8 Å². The van der Waals surface area contributed by atoms with Crippen LogP contribution in [0, 0.1) is 5.92 Å². The number of halogens is 2. The van der Waals surface area contributed by atoms with Crippen LogP contribution in [0.4, 0.5) is 5.69 Å². The van der Waals surface area contributed by atoms with Gasteiger partial charge in [-0.15, -0.1) is 0 Å². The van der Waals surface area contributed by atoms with Crippen LogP contribution in [0.25, 0.3) is 0 Å². The lowest BCUT2D eigenvalue weighted by atomic mass is 9.76. The number of fused-ring (bicyclic) bond motifs is 1. The Labute approximate surface area is 207 Å². The second-order valence-electron chi connectivity index (χ2n) is 8.74. The molecule has 2 amide bonds. The Morgan fingerprint density at radius 3 is 1.50 bits per heavy atom. The normalized spacial score (nSPS) is 22.5. The Balaban J connectivity index is 1.64. The summed E-state index contributed by atoms with van der Waals surface area (Å²) >= 11 is 12.3. The minimum Gasteiger partial charge on any atom is -0.274 e. The van der Waals surface area contributed by atoms with Gasteiger partial charge in [0.05, 0.1) is 17.0 Å².